The lowest BCUT2D eigenvalue weighted by Gasteiger charge is -2.06. The topological polar surface area (TPSA) is 24.1 Å². The van der Waals surface area contributed by atoms with E-state index in [0.717, 1.165) is 10.6 Å². The van der Waals surface area contributed by atoms with Crippen LogP contribution in [0.25, 0.3) is 0 Å². The van der Waals surface area contributed by atoms with Gasteiger partial charge in [-0.25, -0.2) is 0 Å². The maximum Gasteiger partial charge on any atom is 0.170 e. The first kappa shape index (κ1) is 9.35. The average molecular weight is 198 g/mol. The van der Waals surface area contributed by atoms with Crippen LogP contribution in [0.2, 0.25) is 0 Å². The monoisotopic (exact) mass is 198 g/mol. The highest BCUT2D eigenvalue weighted by molar-refractivity contribution is 7.80. The summed E-state index contributed by atoms with van der Waals surface area (Å²) in [4.78, 5) is 0.941. The molecular weight excluding hydrogens is 188 g/mol. The molecule has 2 nitrogen and oxygen atoms in total. The largest absolute Gasteiger partial charge is 0.366 e. The van der Waals surface area contributed by atoms with Gasteiger partial charge in [0.2, 0.25) is 0 Å². The maximum atomic E-state index is 4.93. The van der Waals surface area contributed by atoms with Crippen LogP contribution in [0, 0.1) is 0 Å². The number of hydrogen-bond acceptors (Lipinski definition) is 2. The minimum Gasteiger partial charge on any atom is -0.366 e. The Balaban J connectivity index is 2.64. The van der Waals surface area contributed by atoms with Crippen LogP contribution in [0.1, 0.15) is 0 Å². The predicted molar refractivity (Wildman–Crippen MR) is 59.0 cm³/mol. The first-order valence-corrected chi connectivity index (χ1v) is 4.35. The fourth-order valence-electron chi connectivity index (χ4n) is 0.738. The van der Waals surface area contributed by atoms with E-state index in [4.69, 9.17) is 12.2 Å². The molecule has 0 aliphatic rings. The van der Waals surface area contributed by atoms with E-state index in [2.05, 4.69) is 23.3 Å². The zero-order valence-corrected chi connectivity index (χ0v) is 8.38. The van der Waals surface area contributed by atoms with Crippen molar-refractivity contribution in [1.29, 1.82) is 0 Å². The van der Waals surface area contributed by atoms with Gasteiger partial charge in [0.25, 0.3) is 0 Å². The van der Waals surface area contributed by atoms with Crippen molar-refractivity contribution in [3.63, 3.8) is 0 Å². The third kappa shape index (κ3) is 2.71. The molecule has 0 saturated heterocycles. The second-order valence-corrected chi connectivity index (χ2v) is 3.18. The summed E-state index contributed by atoms with van der Waals surface area (Å²) >= 11 is 9.10. The van der Waals surface area contributed by atoms with E-state index in [1.165, 1.54) is 0 Å². The van der Waals surface area contributed by atoms with Crippen molar-refractivity contribution in [2.45, 2.75) is 4.90 Å². The summed E-state index contributed by atoms with van der Waals surface area (Å²) in [6, 6.07) is 7.66. The first-order chi connectivity index (χ1) is 5.72. The van der Waals surface area contributed by atoms with Crippen LogP contribution < -0.4 is 10.6 Å². The first-order valence-electron chi connectivity index (χ1n) is 3.50. The lowest BCUT2D eigenvalue weighted by Crippen LogP contribution is -2.23. The van der Waals surface area contributed by atoms with Gasteiger partial charge in [-0.05, 0) is 36.5 Å². The van der Waals surface area contributed by atoms with Crippen LogP contribution in [-0.4, -0.2) is 12.2 Å². The molecule has 0 radical (unpaired) electrons. The molecule has 0 saturated carbocycles. The number of thiol groups is 1. The van der Waals surface area contributed by atoms with Gasteiger partial charge in [0, 0.05) is 17.6 Å². The number of anilines is 1. The van der Waals surface area contributed by atoms with Crippen molar-refractivity contribution in [1.82, 2.24) is 5.32 Å². The molecule has 1 rings (SSSR count). The van der Waals surface area contributed by atoms with Gasteiger partial charge in [0.1, 0.15) is 0 Å². The molecule has 0 spiro atoms. The van der Waals surface area contributed by atoms with Gasteiger partial charge >= 0.3 is 0 Å². The molecular formula is C8H10N2S2. The average Bonchev–Trinajstić information content (AvgIpc) is 2.09. The quantitative estimate of drug-likeness (QED) is 0.474. The van der Waals surface area contributed by atoms with Crippen molar-refractivity contribution in [3.05, 3.63) is 24.3 Å². The van der Waals surface area contributed by atoms with Crippen molar-refractivity contribution >= 4 is 35.6 Å². The van der Waals surface area contributed by atoms with Gasteiger partial charge in [-0.1, -0.05) is 0 Å². The van der Waals surface area contributed by atoms with E-state index in [9.17, 15) is 0 Å². The van der Waals surface area contributed by atoms with E-state index >= 15 is 0 Å². The van der Waals surface area contributed by atoms with Crippen LogP contribution in [0.5, 0.6) is 0 Å². The number of hydrogen-bond donors (Lipinski definition) is 3. The molecule has 0 aromatic heterocycles. The number of benzene rings is 1. The molecule has 1 aromatic carbocycles. The summed E-state index contributed by atoms with van der Waals surface area (Å²) in [5.41, 5.74) is 0.965. The predicted octanol–water partition coefficient (Wildman–Crippen LogP) is 1.89. The second kappa shape index (κ2) is 4.33. The molecule has 12 heavy (non-hydrogen) atoms. The van der Waals surface area contributed by atoms with Gasteiger partial charge in [-0.2, -0.15) is 0 Å². The minimum atomic E-state index is 0.613. The van der Waals surface area contributed by atoms with Crippen LogP contribution in [0.3, 0.4) is 0 Å². The summed E-state index contributed by atoms with van der Waals surface area (Å²) in [5, 5.41) is 6.45. The molecule has 2 N–H and O–H groups in total. The summed E-state index contributed by atoms with van der Waals surface area (Å²) < 4.78 is 0. The molecule has 0 aliphatic heterocycles. The van der Waals surface area contributed by atoms with Gasteiger partial charge in [-0.3, -0.25) is 0 Å². The molecule has 64 valence electrons. The fraction of sp³-hybridized carbons (Fsp3) is 0.125. The van der Waals surface area contributed by atoms with E-state index in [1.807, 2.05) is 24.3 Å². The summed E-state index contributed by atoms with van der Waals surface area (Å²) in [6.45, 7) is 0. The van der Waals surface area contributed by atoms with E-state index in [1.54, 1.807) is 7.05 Å². The van der Waals surface area contributed by atoms with E-state index in [0.29, 0.717) is 5.11 Å². The van der Waals surface area contributed by atoms with E-state index in [-0.39, 0.29) is 0 Å². The zero-order chi connectivity index (χ0) is 8.97. The van der Waals surface area contributed by atoms with Crippen LogP contribution in [0.15, 0.2) is 29.2 Å². The van der Waals surface area contributed by atoms with Gasteiger partial charge in [-0.15, -0.1) is 12.6 Å². The Morgan fingerprint density at radius 1 is 1.33 bits per heavy atom. The van der Waals surface area contributed by atoms with Crippen molar-refractivity contribution in [2.75, 3.05) is 12.4 Å². The second-order valence-electron chi connectivity index (χ2n) is 2.25. The molecule has 0 aliphatic carbocycles. The number of nitrogens with one attached hydrogen (secondary N) is 2. The molecule has 0 unspecified atom stereocenters. The number of rotatable bonds is 1. The molecule has 0 amide bonds. The SMILES string of the molecule is CNC(=S)Nc1ccc(S)cc1. The summed E-state index contributed by atoms with van der Waals surface area (Å²) in [6.07, 6.45) is 0. The Labute approximate surface area is 82.8 Å². The van der Waals surface area contributed by atoms with Gasteiger partial charge in [0.05, 0.1) is 0 Å². The lowest BCUT2D eigenvalue weighted by molar-refractivity contribution is 1.20. The third-order valence-electron chi connectivity index (χ3n) is 1.35. The minimum absolute atomic E-state index is 0.613. The molecule has 0 heterocycles. The Morgan fingerprint density at radius 2 is 1.92 bits per heavy atom. The van der Waals surface area contributed by atoms with Crippen LogP contribution in [-0.2, 0) is 0 Å². The van der Waals surface area contributed by atoms with Gasteiger partial charge in [0.15, 0.2) is 5.11 Å². The maximum absolute atomic E-state index is 4.93. The van der Waals surface area contributed by atoms with Crippen molar-refractivity contribution < 1.29 is 0 Å². The molecule has 1 aromatic rings. The van der Waals surface area contributed by atoms with Crippen LogP contribution in [0.4, 0.5) is 5.69 Å². The molecule has 4 heteroatoms. The Bertz CT molecular complexity index is 269. The summed E-state index contributed by atoms with van der Waals surface area (Å²) in [7, 11) is 1.78. The lowest BCUT2D eigenvalue weighted by atomic mass is 10.3. The van der Waals surface area contributed by atoms with Crippen molar-refractivity contribution in [2.24, 2.45) is 0 Å². The Morgan fingerprint density at radius 3 is 2.42 bits per heavy atom. The fourth-order valence-corrected chi connectivity index (χ4v) is 1.01. The molecule has 0 fully saturated rings. The number of thiocarbonyl (C=S) groups is 1. The highest BCUT2D eigenvalue weighted by Crippen LogP contribution is 2.11. The van der Waals surface area contributed by atoms with Crippen LogP contribution >= 0.6 is 24.8 Å². The normalized spacial score (nSPS) is 9.17. The Kier molecular flexibility index (Phi) is 3.37. The zero-order valence-electron chi connectivity index (χ0n) is 6.66. The highest BCUT2D eigenvalue weighted by Gasteiger charge is 1.92. The Hall–Kier alpha value is -0.740. The molecule has 0 bridgehead atoms. The standard InChI is InChI=1S/C8H10N2S2/c1-9-8(12)10-6-2-4-7(11)5-3-6/h2-5,11H,1H3,(H2,9,10,12). The third-order valence-corrected chi connectivity index (χ3v) is 1.96. The van der Waals surface area contributed by atoms with Crippen molar-refractivity contribution in [3.8, 4) is 0 Å². The summed E-state index contributed by atoms with van der Waals surface area (Å²) in [5.74, 6) is 0. The van der Waals surface area contributed by atoms with E-state index < -0.39 is 0 Å². The van der Waals surface area contributed by atoms with Gasteiger partial charge < -0.3 is 10.6 Å². The molecule has 0 atom stereocenters. The smallest absolute Gasteiger partial charge is 0.170 e. The highest BCUT2D eigenvalue weighted by atomic mass is 32.1.